The molecule has 0 aromatic heterocycles. The van der Waals surface area contributed by atoms with E-state index in [1.165, 1.54) is 25.7 Å². The van der Waals surface area contributed by atoms with Gasteiger partial charge in [0.1, 0.15) is 11.5 Å². The third-order valence-corrected chi connectivity index (χ3v) is 12.6. The van der Waals surface area contributed by atoms with Crippen LogP contribution >= 0.6 is 47.0 Å². The quantitative estimate of drug-likeness (QED) is 0.199. The Balaban J connectivity index is 2.08. The van der Waals surface area contributed by atoms with Gasteiger partial charge in [-0.2, -0.15) is 10.5 Å². The molecule has 0 radical (unpaired) electrons. The van der Waals surface area contributed by atoms with Crippen LogP contribution in [0.3, 0.4) is 0 Å². The summed E-state index contributed by atoms with van der Waals surface area (Å²) in [6, 6.07) is 4.67. The molecule has 0 N–H and O–H groups in total. The lowest BCUT2D eigenvalue weighted by Gasteiger charge is -2.22. The zero-order valence-electron chi connectivity index (χ0n) is 23.6. The third kappa shape index (κ3) is 7.45. The Labute approximate surface area is 246 Å². The number of nitrogens with zero attached hydrogens (tertiary/aromatic N) is 2. The molecule has 8 heteroatoms. The number of hydrogen-bond acceptors (Lipinski definition) is 8. The predicted molar refractivity (Wildman–Crippen MR) is 164 cm³/mol. The first-order valence-electron chi connectivity index (χ1n) is 13.8. The fourth-order valence-electron chi connectivity index (χ4n) is 4.26. The first kappa shape index (κ1) is 31.2. The second-order valence-electron chi connectivity index (χ2n) is 9.89. The first-order chi connectivity index (χ1) is 18.4. The van der Waals surface area contributed by atoms with E-state index in [2.05, 4.69) is 39.8 Å². The van der Waals surface area contributed by atoms with E-state index in [1.54, 1.807) is 47.0 Å². The van der Waals surface area contributed by atoms with Crippen molar-refractivity contribution in [3.63, 3.8) is 0 Å². The van der Waals surface area contributed by atoms with Crippen LogP contribution in [-0.2, 0) is 0 Å². The normalized spacial score (nSPS) is 15.4. The van der Waals surface area contributed by atoms with Gasteiger partial charge in [0.05, 0.1) is 53.4 Å². The zero-order valence-corrected chi connectivity index (χ0v) is 26.8. The van der Waals surface area contributed by atoms with Gasteiger partial charge >= 0.3 is 0 Å². The summed E-state index contributed by atoms with van der Waals surface area (Å²) in [7, 11) is 0. The molecule has 2 atom stereocenters. The largest absolute Gasteiger partial charge is 0.491 e. The predicted octanol–water partition coefficient (Wildman–Crippen LogP) is 10.8. The highest BCUT2D eigenvalue weighted by Crippen LogP contribution is 2.68. The third-order valence-electron chi connectivity index (χ3n) is 6.98. The molecule has 0 saturated carbocycles. The SMILES string of the molecule is CCCCC(CC)COc1c2c(c(OCC(CC)CCCC)c3c1SC(=C(C)C#N)S3)SC(=C(C)C#N)S2. The lowest BCUT2D eigenvalue weighted by Crippen LogP contribution is -2.14. The van der Waals surface area contributed by atoms with Crippen LogP contribution in [0.1, 0.15) is 92.9 Å². The molecule has 2 aliphatic rings. The molecule has 0 spiro atoms. The smallest absolute Gasteiger partial charge is 0.149 e. The number of nitriles is 2. The fourth-order valence-corrected chi connectivity index (χ4v) is 9.52. The van der Waals surface area contributed by atoms with Crippen LogP contribution in [0.25, 0.3) is 0 Å². The van der Waals surface area contributed by atoms with Gasteiger partial charge in [-0.3, -0.25) is 0 Å². The Hall–Kier alpha value is -1.32. The van der Waals surface area contributed by atoms with Crippen molar-refractivity contribution in [3.05, 3.63) is 19.6 Å². The van der Waals surface area contributed by atoms with E-state index in [0.717, 1.165) is 76.4 Å². The topological polar surface area (TPSA) is 66.0 Å². The maximum Gasteiger partial charge on any atom is 0.149 e. The molecule has 2 heterocycles. The van der Waals surface area contributed by atoms with Crippen molar-refractivity contribution in [2.45, 2.75) is 112 Å². The summed E-state index contributed by atoms with van der Waals surface area (Å²) in [6.07, 6.45) is 9.29. The summed E-state index contributed by atoms with van der Waals surface area (Å²) in [5, 5.41) is 19.3. The van der Waals surface area contributed by atoms with Crippen LogP contribution in [0, 0.1) is 34.5 Å². The molecular weight excluding hydrogens is 549 g/mol. The monoisotopic (exact) mass is 588 g/mol. The van der Waals surface area contributed by atoms with Crippen molar-refractivity contribution in [1.29, 1.82) is 10.5 Å². The van der Waals surface area contributed by atoms with Gasteiger partial charge in [-0.1, -0.05) is 113 Å². The summed E-state index contributed by atoms with van der Waals surface area (Å²) in [5.74, 6) is 2.80. The zero-order chi connectivity index (χ0) is 27.7. The molecule has 1 aromatic carbocycles. The van der Waals surface area contributed by atoms with Gasteiger partial charge in [-0.25, -0.2) is 0 Å². The molecule has 4 nitrogen and oxygen atoms in total. The van der Waals surface area contributed by atoms with E-state index in [0.29, 0.717) is 25.0 Å². The minimum absolute atomic E-state index is 0.505. The minimum Gasteiger partial charge on any atom is -0.491 e. The molecule has 2 aliphatic heterocycles. The Morgan fingerprint density at radius 3 is 1.26 bits per heavy atom. The Morgan fingerprint density at radius 1 is 0.658 bits per heavy atom. The van der Waals surface area contributed by atoms with Crippen molar-refractivity contribution >= 4 is 47.0 Å². The van der Waals surface area contributed by atoms with Crippen LogP contribution in [0.4, 0.5) is 0 Å². The molecule has 0 fully saturated rings. The molecule has 0 aliphatic carbocycles. The van der Waals surface area contributed by atoms with Gasteiger partial charge in [0.15, 0.2) is 0 Å². The molecule has 2 unspecified atom stereocenters. The molecule has 0 saturated heterocycles. The molecule has 1 aromatic rings. The number of thioether (sulfide) groups is 4. The fraction of sp³-hybridized carbons (Fsp3) is 0.600. The lowest BCUT2D eigenvalue weighted by atomic mass is 10.0. The maximum absolute atomic E-state index is 9.64. The van der Waals surface area contributed by atoms with Crippen molar-refractivity contribution < 1.29 is 9.47 Å². The molecule has 0 bridgehead atoms. The van der Waals surface area contributed by atoms with Gasteiger partial charge in [0, 0.05) is 11.1 Å². The second kappa shape index (κ2) is 15.5. The Morgan fingerprint density at radius 2 is 1.00 bits per heavy atom. The van der Waals surface area contributed by atoms with Gasteiger partial charge < -0.3 is 9.47 Å². The number of unbranched alkanes of at least 4 members (excludes halogenated alkanes) is 2. The lowest BCUT2D eigenvalue weighted by molar-refractivity contribution is 0.210. The van der Waals surface area contributed by atoms with E-state index in [9.17, 15) is 10.5 Å². The van der Waals surface area contributed by atoms with Crippen molar-refractivity contribution in [3.8, 4) is 23.6 Å². The number of allylic oxidation sites excluding steroid dienone is 2. The Bertz CT molecular complexity index is 1020. The molecule has 3 rings (SSSR count). The maximum atomic E-state index is 9.64. The van der Waals surface area contributed by atoms with Crippen LogP contribution in [0.15, 0.2) is 39.2 Å². The highest BCUT2D eigenvalue weighted by molar-refractivity contribution is 8.25. The number of benzene rings is 1. The van der Waals surface area contributed by atoms with E-state index in [4.69, 9.17) is 9.47 Å². The first-order valence-corrected chi connectivity index (χ1v) is 17.1. The van der Waals surface area contributed by atoms with Gasteiger partial charge in [0.25, 0.3) is 0 Å². The number of ether oxygens (including phenoxy) is 2. The molecule has 38 heavy (non-hydrogen) atoms. The summed E-state index contributed by atoms with van der Waals surface area (Å²) in [6.45, 7) is 14.1. The number of hydrogen-bond donors (Lipinski definition) is 0. The van der Waals surface area contributed by atoms with E-state index in [1.807, 2.05) is 13.8 Å². The number of rotatable bonds is 14. The summed E-state index contributed by atoms with van der Waals surface area (Å²) >= 11 is 6.53. The van der Waals surface area contributed by atoms with Gasteiger partial charge in [-0.05, 0) is 38.5 Å². The Kier molecular flexibility index (Phi) is 12.7. The van der Waals surface area contributed by atoms with E-state index >= 15 is 0 Å². The van der Waals surface area contributed by atoms with Crippen molar-refractivity contribution in [1.82, 2.24) is 0 Å². The minimum atomic E-state index is 0.505. The number of fused-ring (bicyclic) bond motifs is 2. The molecular formula is C30H40N2O2S4. The molecule has 206 valence electrons. The average Bonchev–Trinajstić information content (AvgIpc) is 3.58. The molecule has 0 amide bonds. The summed E-state index contributed by atoms with van der Waals surface area (Å²) < 4.78 is 15.4. The summed E-state index contributed by atoms with van der Waals surface area (Å²) in [5.41, 5.74) is 1.44. The van der Waals surface area contributed by atoms with Crippen molar-refractivity contribution in [2.75, 3.05) is 13.2 Å². The van der Waals surface area contributed by atoms with Crippen LogP contribution in [0.2, 0.25) is 0 Å². The highest BCUT2D eigenvalue weighted by Gasteiger charge is 2.38. The van der Waals surface area contributed by atoms with E-state index < -0.39 is 0 Å². The summed E-state index contributed by atoms with van der Waals surface area (Å²) in [4.78, 5) is 4.24. The standard InChI is InChI=1S/C30H40N2O2S4/c1-7-11-13-21(9-3)17-33-23-25-27(37-29(35-25)19(5)15-31)24(34-18-22(10-4)14-12-8-2)28-26(23)36-30(38-28)20(6)16-32/h21-22H,7-14,17-18H2,1-6H3. The van der Waals surface area contributed by atoms with Gasteiger partial charge in [-0.15, -0.1) is 0 Å². The van der Waals surface area contributed by atoms with Crippen LogP contribution in [-0.4, -0.2) is 13.2 Å². The van der Waals surface area contributed by atoms with Crippen LogP contribution < -0.4 is 9.47 Å². The second-order valence-corrected chi connectivity index (χ2v) is 14.5. The van der Waals surface area contributed by atoms with Gasteiger partial charge in [0.2, 0.25) is 0 Å². The van der Waals surface area contributed by atoms with Crippen LogP contribution in [0.5, 0.6) is 11.5 Å². The average molecular weight is 589 g/mol. The highest BCUT2D eigenvalue weighted by atomic mass is 32.2. The van der Waals surface area contributed by atoms with E-state index in [-0.39, 0.29) is 0 Å². The van der Waals surface area contributed by atoms with Crippen molar-refractivity contribution in [2.24, 2.45) is 11.8 Å².